The second kappa shape index (κ2) is 5.51. The minimum absolute atomic E-state index is 0.308. The fourth-order valence-corrected chi connectivity index (χ4v) is 3.92. The van der Waals surface area contributed by atoms with Gasteiger partial charge < -0.3 is 9.80 Å². The van der Waals surface area contributed by atoms with Crippen LogP contribution in [0.2, 0.25) is 0 Å². The summed E-state index contributed by atoms with van der Waals surface area (Å²) in [7, 11) is 1.23. The van der Waals surface area contributed by atoms with Crippen LogP contribution in [0.5, 0.6) is 0 Å². The van der Waals surface area contributed by atoms with Crippen LogP contribution in [0.4, 0.5) is 11.4 Å². The van der Waals surface area contributed by atoms with E-state index in [-0.39, 0.29) is 0 Å². The molecule has 0 bridgehead atoms. The highest BCUT2D eigenvalue weighted by Gasteiger charge is 2.37. The monoisotopic (exact) mass is 312 g/mol. The van der Waals surface area contributed by atoms with Gasteiger partial charge in [0, 0.05) is 33.9 Å². The molecule has 0 aromatic carbocycles. The molecular formula is C13H20N4O3S. The first kappa shape index (κ1) is 15.6. The molecule has 0 saturated carbocycles. The number of amides is 1. The SMILES string of the molecule is CC(C(=O)N(C)C)S(=O)(=O)N1CCN(C)c2ccncc21. The van der Waals surface area contributed by atoms with Gasteiger partial charge in [0.15, 0.2) is 5.25 Å². The number of nitrogens with zero attached hydrogens (tertiary/aromatic N) is 4. The van der Waals surface area contributed by atoms with Crippen molar-refractivity contribution >= 4 is 27.3 Å². The van der Waals surface area contributed by atoms with Crippen LogP contribution in [0.15, 0.2) is 18.5 Å². The third-order valence-corrected chi connectivity index (χ3v) is 5.73. The van der Waals surface area contributed by atoms with Gasteiger partial charge in [0.25, 0.3) is 0 Å². The number of carbonyl (C=O) groups excluding carboxylic acids is 1. The third-order valence-electron chi connectivity index (χ3n) is 3.64. The molecule has 0 saturated heterocycles. The molecule has 2 rings (SSSR count). The highest BCUT2D eigenvalue weighted by Crippen LogP contribution is 2.33. The Morgan fingerprint density at radius 1 is 1.33 bits per heavy atom. The van der Waals surface area contributed by atoms with Gasteiger partial charge in [-0.2, -0.15) is 0 Å². The highest BCUT2D eigenvalue weighted by molar-refractivity contribution is 7.94. The lowest BCUT2D eigenvalue weighted by molar-refractivity contribution is -0.127. The first-order valence-corrected chi connectivity index (χ1v) is 8.15. The van der Waals surface area contributed by atoms with E-state index in [4.69, 9.17) is 0 Å². The van der Waals surface area contributed by atoms with E-state index in [0.717, 1.165) is 5.69 Å². The van der Waals surface area contributed by atoms with E-state index < -0.39 is 21.2 Å². The van der Waals surface area contributed by atoms with Crippen molar-refractivity contribution in [2.45, 2.75) is 12.2 Å². The smallest absolute Gasteiger partial charge is 0.247 e. The lowest BCUT2D eigenvalue weighted by Gasteiger charge is -2.37. The molecule has 7 nitrogen and oxygen atoms in total. The molecule has 0 aliphatic carbocycles. The van der Waals surface area contributed by atoms with Gasteiger partial charge in [-0.3, -0.25) is 14.1 Å². The maximum atomic E-state index is 12.7. The summed E-state index contributed by atoms with van der Waals surface area (Å²) < 4.78 is 26.8. The molecule has 1 aliphatic rings. The van der Waals surface area contributed by atoms with E-state index in [9.17, 15) is 13.2 Å². The predicted molar refractivity (Wildman–Crippen MR) is 81.9 cm³/mol. The van der Waals surface area contributed by atoms with Gasteiger partial charge in [-0.1, -0.05) is 0 Å². The standard InChI is InChI=1S/C13H20N4O3S/c1-10(13(18)15(2)3)21(19,20)17-8-7-16(4)11-5-6-14-9-12(11)17/h5-6,9-10H,7-8H2,1-4H3. The van der Waals surface area contributed by atoms with Crippen LogP contribution in [0.25, 0.3) is 0 Å². The molecular weight excluding hydrogens is 292 g/mol. The van der Waals surface area contributed by atoms with Crippen molar-refractivity contribution in [2.75, 3.05) is 43.4 Å². The maximum Gasteiger partial charge on any atom is 0.247 e. The number of fused-ring (bicyclic) bond motifs is 1. The van der Waals surface area contributed by atoms with Crippen molar-refractivity contribution in [1.29, 1.82) is 0 Å². The van der Waals surface area contributed by atoms with Crippen LogP contribution in [-0.4, -0.2) is 63.7 Å². The molecule has 1 unspecified atom stereocenters. The Labute approximate surface area is 125 Å². The Balaban J connectivity index is 2.43. The molecule has 0 fully saturated rings. The summed E-state index contributed by atoms with van der Waals surface area (Å²) in [5.74, 6) is -0.431. The molecule has 116 valence electrons. The maximum absolute atomic E-state index is 12.7. The van der Waals surface area contributed by atoms with Gasteiger partial charge in [-0.05, 0) is 13.0 Å². The van der Waals surface area contributed by atoms with Crippen LogP contribution in [0, 0.1) is 0 Å². The van der Waals surface area contributed by atoms with Gasteiger partial charge in [0.1, 0.15) is 0 Å². The summed E-state index contributed by atoms with van der Waals surface area (Å²) in [5, 5.41) is -1.12. The van der Waals surface area contributed by atoms with Crippen LogP contribution >= 0.6 is 0 Å². The zero-order valence-electron chi connectivity index (χ0n) is 12.6. The minimum atomic E-state index is -3.77. The second-order valence-corrected chi connectivity index (χ2v) is 7.46. The fraction of sp³-hybridized carbons (Fsp3) is 0.538. The van der Waals surface area contributed by atoms with Crippen molar-refractivity contribution in [3.05, 3.63) is 18.5 Å². The largest absolute Gasteiger partial charge is 0.371 e. The third kappa shape index (κ3) is 2.67. The van der Waals surface area contributed by atoms with E-state index in [1.54, 1.807) is 26.4 Å². The molecule has 1 amide bonds. The summed E-state index contributed by atoms with van der Waals surface area (Å²) in [4.78, 5) is 19.3. The number of pyridine rings is 1. The zero-order valence-corrected chi connectivity index (χ0v) is 13.5. The number of sulfonamides is 1. The first-order chi connectivity index (χ1) is 9.76. The number of likely N-dealkylation sites (N-methyl/N-ethyl adjacent to an activating group) is 1. The Hall–Kier alpha value is -1.83. The van der Waals surface area contributed by atoms with Crippen molar-refractivity contribution in [3.63, 3.8) is 0 Å². The molecule has 21 heavy (non-hydrogen) atoms. The number of rotatable bonds is 3. The minimum Gasteiger partial charge on any atom is -0.371 e. The van der Waals surface area contributed by atoms with E-state index in [1.807, 2.05) is 11.9 Å². The average Bonchev–Trinajstić information content (AvgIpc) is 2.45. The highest BCUT2D eigenvalue weighted by atomic mass is 32.2. The van der Waals surface area contributed by atoms with Crippen LogP contribution < -0.4 is 9.21 Å². The summed E-state index contributed by atoms with van der Waals surface area (Å²) >= 11 is 0. The number of carbonyl (C=O) groups is 1. The van der Waals surface area contributed by atoms with Gasteiger partial charge in [-0.15, -0.1) is 0 Å². The van der Waals surface area contributed by atoms with Crippen molar-refractivity contribution in [3.8, 4) is 0 Å². The Bertz CT molecular complexity index is 645. The van der Waals surface area contributed by atoms with Gasteiger partial charge >= 0.3 is 0 Å². The lowest BCUT2D eigenvalue weighted by atomic mass is 10.2. The summed E-state index contributed by atoms with van der Waals surface area (Å²) in [6.45, 7) is 2.30. The normalized spacial score (nSPS) is 16.4. The molecule has 1 aliphatic heterocycles. The molecule has 0 radical (unpaired) electrons. The summed E-state index contributed by atoms with van der Waals surface area (Å²) in [5.41, 5.74) is 1.31. The molecule has 1 aromatic heterocycles. The zero-order chi connectivity index (χ0) is 15.8. The molecule has 0 N–H and O–H groups in total. The average molecular weight is 312 g/mol. The summed E-state index contributed by atoms with van der Waals surface area (Å²) in [6.07, 6.45) is 3.15. The van der Waals surface area contributed by atoms with E-state index in [0.29, 0.717) is 18.8 Å². The number of anilines is 2. The van der Waals surface area contributed by atoms with E-state index in [2.05, 4.69) is 4.98 Å². The van der Waals surface area contributed by atoms with Crippen molar-refractivity contribution in [2.24, 2.45) is 0 Å². The topological polar surface area (TPSA) is 73.8 Å². The molecule has 2 heterocycles. The van der Waals surface area contributed by atoms with Crippen molar-refractivity contribution < 1.29 is 13.2 Å². The quantitative estimate of drug-likeness (QED) is 0.794. The van der Waals surface area contributed by atoms with Crippen LogP contribution in [0.1, 0.15) is 6.92 Å². The Kier molecular flexibility index (Phi) is 4.08. The Morgan fingerprint density at radius 3 is 2.62 bits per heavy atom. The lowest BCUT2D eigenvalue weighted by Crippen LogP contribution is -2.49. The van der Waals surface area contributed by atoms with Crippen LogP contribution in [-0.2, 0) is 14.8 Å². The van der Waals surface area contributed by atoms with Crippen molar-refractivity contribution in [1.82, 2.24) is 9.88 Å². The predicted octanol–water partition coefficient (Wildman–Crippen LogP) is 0.144. The van der Waals surface area contributed by atoms with Gasteiger partial charge in [0.05, 0.1) is 24.1 Å². The molecule has 1 atom stereocenters. The molecule has 8 heteroatoms. The summed E-state index contributed by atoms with van der Waals surface area (Å²) in [6, 6.07) is 1.77. The Morgan fingerprint density at radius 2 is 2.00 bits per heavy atom. The first-order valence-electron chi connectivity index (χ1n) is 6.64. The number of aromatic nitrogens is 1. The van der Waals surface area contributed by atoms with Crippen LogP contribution in [0.3, 0.4) is 0 Å². The van der Waals surface area contributed by atoms with E-state index >= 15 is 0 Å². The molecule has 1 aromatic rings. The number of hydrogen-bond donors (Lipinski definition) is 0. The number of hydrogen-bond acceptors (Lipinski definition) is 5. The second-order valence-electron chi connectivity index (χ2n) is 5.28. The molecule has 0 spiro atoms. The fourth-order valence-electron chi connectivity index (χ4n) is 2.32. The van der Waals surface area contributed by atoms with Gasteiger partial charge in [0.2, 0.25) is 15.9 Å². The van der Waals surface area contributed by atoms with E-state index in [1.165, 1.54) is 22.3 Å². The van der Waals surface area contributed by atoms with Gasteiger partial charge in [-0.25, -0.2) is 8.42 Å².